The number of carboxylic acid groups (broad SMARTS) is 2. The van der Waals surface area contributed by atoms with Crippen molar-refractivity contribution in [3.63, 3.8) is 0 Å². The highest BCUT2D eigenvalue weighted by Gasteiger charge is 2.33. The number of nitrogens with two attached hydrogens (primary N) is 1. The van der Waals surface area contributed by atoms with Crippen LogP contribution in [-0.2, 0) is 36.8 Å². The van der Waals surface area contributed by atoms with Crippen LogP contribution in [0.1, 0.15) is 44.4 Å². The number of nitrogens with one attached hydrogen (secondary N) is 4. The average Bonchev–Trinajstić information content (AvgIpc) is 3.42. The zero-order chi connectivity index (χ0) is 28.9. The molecular weight excluding hydrogens is 508 g/mol. The number of benzene rings is 1. The van der Waals surface area contributed by atoms with Crippen LogP contribution >= 0.6 is 0 Å². The van der Waals surface area contributed by atoms with Crippen molar-refractivity contribution in [3.05, 3.63) is 54.1 Å². The molecule has 8 N–H and O–H groups in total. The van der Waals surface area contributed by atoms with Crippen molar-refractivity contribution >= 4 is 29.7 Å². The Morgan fingerprint density at radius 2 is 1.62 bits per heavy atom. The van der Waals surface area contributed by atoms with Crippen LogP contribution in [0.25, 0.3) is 0 Å². The van der Waals surface area contributed by atoms with Gasteiger partial charge in [0, 0.05) is 31.2 Å². The number of amides is 3. The van der Waals surface area contributed by atoms with E-state index in [0.29, 0.717) is 17.7 Å². The van der Waals surface area contributed by atoms with Gasteiger partial charge in [-0.15, -0.1) is 0 Å². The molecule has 13 heteroatoms. The highest BCUT2D eigenvalue weighted by Crippen LogP contribution is 2.11. The standard InChI is InChI=1S/C26H36N6O7/c1-3-15(2)22(32-23(35)18(27)9-10-21(33)34)25(37)30-19(12-17-13-28-14-29-17)24(36)31-20(26(38)39)11-16-7-5-4-6-8-16/h4-8,13-15,18-20,22H,3,9-12,27H2,1-2H3,(H,28,29)(H,30,37)(H,31,36)(H,32,35)(H,33,34)(H,38,39). The Kier molecular flexibility index (Phi) is 12.1. The van der Waals surface area contributed by atoms with Gasteiger partial charge in [-0.3, -0.25) is 19.2 Å². The van der Waals surface area contributed by atoms with Gasteiger partial charge in [-0.2, -0.15) is 0 Å². The highest BCUT2D eigenvalue weighted by atomic mass is 16.4. The minimum absolute atomic E-state index is 0.0193. The number of aliphatic carboxylic acids is 2. The van der Waals surface area contributed by atoms with Crippen molar-refractivity contribution in [3.8, 4) is 0 Å². The third kappa shape index (κ3) is 10.2. The van der Waals surface area contributed by atoms with Gasteiger partial charge in [0.15, 0.2) is 0 Å². The van der Waals surface area contributed by atoms with Crippen LogP contribution in [0.4, 0.5) is 0 Å². The lowest BCUT2D eigenvalue weighted by Gasteiger charge is -2.28. The number of aromatic amines is 1. The molecule has 0 saturated carbocycles. The smallest absolute Gasteiger partial charge is 0.326 e. The molecule has 0 bridgehead atoms. The summed E-state index contributed by atoms with van der Waals surface area (Å²) in [5.74, 6) is -4.79. The second kappa shape index (κ2) is 15.2. The van der Waals surface area contributed by atoms with Crippen molar-refractivity contribution in [2.75, 3.05) is 0 Å². The lowest BCUT2D eigenvalue weighted by molar-refractivity contribution is -0.142. The lowest BCUT2D eigenvalue weighted by Crippen LogP contribution is -2.59. The van der Waals surface area contributed by atoms with Gasteiger partial charge in [-0.05, 0) is 17.9 Å². The SMILES string of the molecule is CCC(C)C(NC(=O)C(N)CCC(=O)O)C(=O)NC(Cc1cnc[nH]1)C(=O)NC(Cc1ccccc1)C(=O)O. The van der Waals surface area contributed by atoms with E-state index in [1.54, 1.807) is 37.3 Å². The maximum absolute atomic E-state index is 13.3. The number of H-pyrrole nitrogens is 1. The van der Waals surface area contributed by atoms with Crippen LogP contribution in [0.15, 0.2) is 42.9 Å². The molecule has 2 rings (SSSR count). The van der Waals surface area contributed by atoms with Crippen LogP contribution in [0.3, 0.4) is 0 Å². The Bertz CT molecular complexity index is 1110. The molecule has 0 spiro atoms. The van der Waals surface area contributed by atoms with E-state index < -0.39 is 53.8 Å². The molecule has 1 aromatic heterocycles. The van der Waals surface area contributed by atoms with E-state index in [4.69, 9.17) is 10.8 Å². The molecule has 2 aromatic rings. The maximum atomic E-state index is 13.3. The number of nitrogens with zero attached hydrogens (tertiary/aromatic N) is 1. The second-order valence-electron chi connectivity index (χ2n) is 9.34. The summed E-state index contributed by atoms with van der Waals surface area (Å²) >= 11 is 0. The first-order chi connectivity index (χ1) is 18.5. The Morgan fingerprint density at radius 3 is 2.18 bits per heavy atom. The molecule has 3 amide bonds. The molecule has 1 aromatic carbocycles. The fourth-order valence-electron chi connectivity index (χ4n) is 3.78. The summed E-state index contributed by atoms with van der Waals surface area (Å²) in [6, 6.07) is 4.13. The molecule has 0 aliphatic carbocycles. The topological polar surface area (TPSA) is 217 Å². The zero-order valence-corrected chi connectivity index (χ0v) is 21.9. The van der Waals surface area contributed by atoms with Gasteiger partial charge in [0.05, 0.1) is 12.4 Å². The number of rotatable bonds is 16. The van der Waals surface area contributed by atoms with Crippen LogP contribution in [-0.4, -0.2) is 74.0 Å². The van der Waals surface area contributed by atoms with Gasteiger partial charge >= 0.3 is 11.9 Å². The minimum Gasteiger partial charge on any atom is -0.481 e. The second-order valence-corrected chi connectivity index (χ2v) is 9.34. The maximum Gasteiger partial charge on any atom is 0.326 e. The first kappa shape index (κ1) is 31.0. The predicted octanol–water partition coefficient (Wildman–Crippen LogP) is -0.0279. The number of hydrogen-bond acceptors (Lipinski definition) is 7. The summed E-state index contributed by atoms with van der Waals surface area (Å²) in [4.78, 5) is 68.7. The molecule has 5 atom stereocenters. The zero-order valence-electron chi connectivity index (χ0n) is 21.9. The van der Waals surface area contributed by atoms with Crippen molar-refractivity contribution < 1.29 is 34.2 Å². The minimum atomic E-state index is -1.25. The number of carbonyl (C=O) groups excluding carboxylic acids is 3. The van der Waals surface area contributed by atoms with Gasteiger partial charge < -0.3 is 36.9 Å². The number of imidazole rings is 1. The summed E-state index contributed by atoms with van der Waals surface area (Å²) in [5.41, 5.74) is 7.03. The number of aromatic nitrogens is 2. The molecule has 0 aliphatic rings. The van der Waals surface area contributed by atoms with E-state index in [0.717, 1.165) is 0 Å². The largest absolute Gasteiger partial charge is 0.481 e. The van der Waals surface area contributed by atoms with Gasteiger partial charge in [0.1, 0.15) is 18.1 Å². The Balaban J connectivity index is 2.20. The van der Waals surface area contributed by atoms with Gasteiger partial charge in [0.25, 0.3) is 0 Å². The number of hydrogen-bond donors (Lipinski definition) is 7. The van der Waals surface area contributed by atoms with Gasteiger partial charge in [-0.1, -0.05) is 50.6 Å². The van der Waals surface area contributed by atoms with E-state index in [1.807, 2.05) is 6.92 Å². The number of carboxylic acids is 2. The summed E-state index contributed by atoms with van der Waals surface area (Å²) in [6.07, 6.45) is 2.97. The monoisotopic (exact) mass is 544 g/mol. The van der Waals surface area contributed by atoms with Crippen molar-refractivity contribution in [1.29, 1.82) is 0 Å². The fraction of sp³-hybridized carbons (Fsp3) is 0.462. The van der Waals surface area contributed by atoms with E-state index in [9.17, 15) is 29.1 Å². The quantitative estimate of drug-likeness (QED) is 0.151. The van der Waals surface area contributed by atoms with E-state index in [-0.39, 0.29) is 31.6 Å². The molecule has 212 valence electrons. The van der Waals surface area contributed by atoms with Crippen LogP contribution in [0, 0.1) is 5.92 Å². The molecule has 0 radical (unpaired) electrons. The summed E-state index contributed by atoms with van der Waals surface area (Å²) < 4.78 is 0. The molecule has 13 nitrogen and oxygen atoms in total. The third-order valence-corrected chi connectivity index (χ3v) is 6.31. The summed E-state index contributed by atoms with van der Waals surface area (Å²) in [6.45, 7) is 3.55. The first-order valence-corrected chi connectivity index (χ1v) is 12.6. The first-order valence-electron chi connectivity index (χ1n) is 12.6. The normalized spacial score (nSPS) is 14.7. The summed E-state index contributed by atoms with van der Waals surface area (Å²) in [5, 5.41) is 26.3. The lowest BCUT2D eigenvalue weighted by atomic mass is 9.96. The van der Waals surface area contributed by atoms with E-state index in [2.05, 4.69) is 25.9 Å². The average molecular weight is 545 g/mol. The van der Waals surface area contributed by atoms with Crippen LogP contribution in [0.5, 0.6) is 0 Å². The van der Waals surface area contributed by atoms with E-state index in [1.165, 1.54) is 12.5 Å². The van der Waals surface area contributed by atoms with E-state index >= 15 is 0 Å². The van der Waals surface area contributed by atoms with Gasteiger partial charge in [0.2, 0.25) is 17.7 Å². The predicted molar refractivity (Wildman–Crippen MR) is 140 cm³/mol. The molecule has 1 heterocycles. The summed E-state index contributed by atoms with van der Waals surface area (Å²) in [7, 11) is 0. The molecular formula is C26H36N6O7. The molecule has 0 fully saturated rings. The molecule has 5 unspecified atom stereocenters. The third-order valence-electron chi connectivity index (χ3n) is 6.31. The fourth-order valence-corrected chi connectivity index (χ4v) is 3.78. The van der Waals surface area contributed by atoms with Crippen LogP contribution < -0.4 is 21.7 Å². The van der Waals surface area contributed by atoms with Crippen molar-refractivity contribution in [2.24, 2.45) is 11.7 Å². The van der Waals surface area contributed by atoms with Crippen molar-refractivity contribution in [1.82, 2.24) is 25.9 Å². The Hall–Kier alpha value is -4.26. The number of carbonyl (C=O) groups is 5. The Labute approximate surface area is 226 Å². The highest BCUT2D eigenvalue weighted by molar-refractivity contribution is 5.94. The molecule has 39 heavy (non-hydrogen) atoms. The van der Waals surface area contributed by atoms with Gasteiger partial charge in [-0.25, -0.2) is 9.78 Å². The van der Waals surface area contributed by atoms with Crippen LogP contribution in [0.2, 0.25) is 0 Å². The molecule has 0 aliphatic heterocycles. The molecule has 0 saturated heterocycles. The van der Waals surface area contributed by atoms with Crippen molar-refractivity contribution in [2.45, 2.75) is 70.1 Å². The Morgan fingerprint density at radius 1 is 0.949 bits per heavy atom.